The van der Waals surface area contributed by atoms with Crippen LogP contribution < -0.4 is 5.32 Å². The number of allylic oxidation sites excluding steroid dienone is 1. The van der Waals surface area contributed by atoms with Crippen molar-refractivity contribution >= 4 is 0 Å². The van der Waals surface area contributed by atoms with Gasteiger partial charge in [0.25, 0.3) is 0 Å². The highest BCUT2D eigenvalue weighted by molar-refractivity contribution is 5.07. The number of nitrogens with one attached hydrogen (secondary N) is 1. The molecule has 1 rings (SSSR count). The predicted molar refractivity (Wildman–Crippen MR) is 63.5 cm³/mol. The lowest BCUT2D eigenvalue weighted by Crippen LogP contribution is -2.33. The summed E-state index contributed by atoms with van der Waals surface area (Å²) in [7, 11) is 0. The third-order valence-corrected chi connectivity index (χ3v) is 3.23. The number of hydrogen-bond donors (Lipinski definition) is 1. The Morgan fingerprint density at radius 2 is 2.21 bits per heavy atom. The van der Waals surface area contributed by atoms with Gasteiger partial charge in [-0.1, -0.05) is 32.4 Å². The highest BCUT2D eigenvalue weighted by Crippen LogP contribution is 2.20. The zero-order valence-electron chi connectivity index (χ0n) is 9.97. The second kappa shape index (κ2) is 6.23. The van der Waals surface area contributed by atoms with E-state index in [2.05, 4.69) is 32.2 Å². The molecule has 1 nitrogen and oxygen atoms in total. The Labute approximate surface area is 89.0 Å². The zero-order chi connectivity index (χ0) is 10.4. The summed E-state index contributed by atoms with van der Waals surface area (Å²) in [5.74, 6) is 0.762. The number of hydrogen-bond acceptors (Lipinski definition) is 1. The minimum absolute atomic E-state index is 0.706. The fraction of sp³-hybridized carbons (Fsp3) is 0.846. The first kappa shape index (κ1) is 11.8. The predicted octanol–water partition coefficient (Wildman–Crippen LogP) is 3.51. The van der Waals surface area contributed by atoms with Crippen LogP contribution in [-0.4, -0.2) is 12.6 Å². The molecule has 82 valence electrons. The molecule has 0 aromatic rings. The van der Waals surface area contributed by atoms with E-state index in [1.807, 2.05) is 0 Å². The van der Waals surface area contributed by atoms with E-state index in [4.69, 9.17) is 0 Å². The second-order valence-electron chi connectivity index (χ2n) is 4.72. The van der Waals surface area contributed by atoms with Crippen molar-refractivity contribution in [3.05, 3.63) is 11.6 Å². The summed E-state index contributed by atoms with van der Waals surface area (Å²) in [6.07, 6.45) is 8.99. The molecule has 1 heteroatoms. The van der Waals surface area contributed by atoms with Crippen LogP contribution in [0.5, 0.6) is 0 Å². The first-order valence-corrected chi connectivity index (χ1v) is 6.15. The molecule has 0 aromatic carbocycles. The standard InChI is InChI=1S/C13H25N/c1-4-13(11(2)3)14-10-9-12-7-5-6-8-12/h7,11,13-14H,4-6,8-10H2,1-3H3. The van der Waals surface area contributed by atoms with Crippen molar-refractivity contribution in [3.63, 3.8) is 0 Å². The molecule has 0 saturated heterocycles. The van der Waals surface area contributed by atoms with Crippen LogP contribution in [0.25, 0.3) is 0 Å². The summed E-state index contributed by atoms with van der Waals surface area (Å²) < 4.78 is 0. The maximum absolute atomic E-state index is 3.65. The third kappa shape index (κ3) is 3.83. The van der Waals surface area contributed by atoms with Crippen molar-refractivity contribution < 1.29 is 0 Å². The van der Waals surface area contributed by atoms with Gasteiger partial charge in [0, 0.05) is 6.04 Å². The average molecular weight is 195 g/mol. The third-order valence-electron chi connectivity index (χ3n) is 3.23. The minimum Gasteiger partial charge on any atom is -0.313 e. The zero-order valence-corrected chi connectivity index (χ0v) is 9.97. The van der Waals surface area contributed by atoms with Gasteiger partial charge in [-0.3, -0.25) is 0 Å². The summed E-state index contributed by atoms with van der Waals surface area (Å²) >= 11 is 0. The summed E-state index contributed by atoms with van der Waals surface area (Å²) in [4.78, 5) is 0. The van der Waals surface area contributed by atoms with Crippen LogP contribution in [0.4, 0.5) is 0 Å². The molecular weight excluding hydrogens is 170 g/mol. The van der Waals surface area contributed by atoms with Crippen LogP contribution in [0.2, 0.25) is 0 Å². The summed E-state index contributed by atoms with van der Waals surface area (Å²) in [6, 6.07) is 0.706. The van der Waals surface area contributed by atoms with Crippen molar-refractivity contribution in [3.8, 4) is 0 Å². The number of rotatable bonds is 6. The fourth-order valence-corrected chi connectivity index (χ4v) is 2.23. The van der Waals surface area contributed by atoms with Crippen molar-refractivity contribution in [2.75, 3.05) is 6.54 Å². The van der Waals surface area contributed by atoms with Crippen LogP contribution in [0, 0.1) is 5.92 Å². The molecule has 0 fully saturated rings. The quantitative estimate of drug-likeness (QED) is 0.640. The largest absolute Gasteiger partial charge is 0.313 e. The van der Waals surface area contributed by atoms with E-state index in [1.165, 1.54) is 38.6 Å². The lowest BCUT2D eigenvalue weighted by atomic mass is 10.0. The Bertz CT molecular complexity index is 182. The molecule has 14 heavy (non-hydrogen) atoms. The molecule has 1 unspecified atom stereocenters. The Morgan fingerprint density at radius 1 is 1.43 bits per heavy atom. The van der Waals surface area contributed by atoms with E-state index in [0.717, 1.165) is 5.92 Å². The van der Waals surface area contributed by atoms with Crippen LogP contribution in [0.3, 0.4) is 0 Å². The molecule has 1 atom stereocenters. The normalized spacial score (nSPS) is 18.7. The summed E-state index contributed by atoms with van der Waals surface area (Å²) in [5.41, 5.74) is 1.68. The first-order chi connectivity index (χ1) is 6.74. The van der Waals surface area contributed by atoms with E-state index in [9.17, 15) is 0 Å². The van der Waals surface area contributed by atoms with Gasteiger partial charge in [0.05, 0.1) is 0 Å². The molecular formula is C13H25N. The maximum atomic E-state index is 3.65. The SMILES string of the molecule is CCC(NCCC1=CCCC1)C(C)C. The molecule has 1 aliphatic carbocycles. The lowest BCUT2D eigenvalue weighted by molar-refractivity contribution is 0.391. The Balaban J connectivity index is 2.12. The van der Waals surface area contributed by atoms with Gasteiger partial charge in [0.1, 0.15) is 0 Å². The van der Waals surface area contributed by atoms with Gasteiger partial charge in [-0.05, 0) is 44.6 Å². The molecule has 1 N–H and O–H groups in total. The lowest BCUT2D eigenvalue weighted by Gasteiger charge is -2.20. The van der Waals surface area contributed by atoms with E-state index in [0.29, 0.717) is 6.04 Å². The van der Waals surface area contributed by atoms with E-state index >= 15 is 0 Å². The van der Waals surface area contributed by atoms with Gasteiger partial charge in [-0.15, -0.1) is 0 Å². The van der Waals surface area contributed by atoms with Crippen molar-refractivity contribution in [1.82, 2.24) is 5.32 Å². The summed E-state index contributed by atoms with van der Waals surface area (Å²) in [6.45, 7) is 8.04. The maximum Gasteiger partial charge on any atom is 0.00875 e. The smallest absolute Gasteiger partial charge is 0.00875 e. The van der Waals surface area contributed by atoms with Crippen molar-refractivity contribution in [1.29, 1.82) is 0 Å². The van der Waals surface area contributed by atoms with Crippen LogP contribution >= 0.6 is 0 Å². The van der Waals surface area contributed by atoms with E-state index < -0.39 is 0 Å². The van der Waals surface area contributed by atoms with Crippen molar-refractivity contribution in [2.45, 2.75) is 58.9 Å². The van der Waals surface area contributed by atoms with E-state index in [-0.39, 0.29) is 0 Å². The van der Waals surface area contributed by atoms with Crippen LogP contribution in [0.15, 0.2) is 11.6 Å². The van der Waals surface area contributed by atoms with E-state index in [1.54, 1.807) is 5.57 Å². The fourth-order valence-electron chi connectivity index (χ4n) is 2.23. The van der Waals surface area contributed by atoms with Crippen molar-refractivity contribution in [2.24, 2.45) is 5.92 Å². The Kier molecular flexibility index (Phi) is 5.24. The second-order valence-corrected chi connectivity index (χ2v) is 4.72. The molecule has 1 aliphatic rings. The molecule has 0 saturated carbocycles. The highest BCUT2D eigenvalue weighted by atomic mass is 14.9. The summed E-state index contributed by atoms with van der Waals surface area (Å²) in [5, 5.41) is 3.65. The molecule has 0 spiro atoms. The molecule has 0 radical (unpaired) electrons. The molecule has 0 heterocycles. The van der Waals surface area contributed by atoms with Gasteiger partial charge in [0.2, 0.25) is 0 Å². The first-order valence-electron chi connectivity index (χ1n) is 6.15. The Morgan fingerprint density at radius 3 is 2.71 bits per heavy atom. The van der Waals surface area contributed by atoms with Gasteiger partial charge in [-0.2, -0.15) is 0 Å². The van der Waals surface area contributed by atoms with Gasteiger partial charge < -0.3 is 5.32 Å². The molecule has 0 bridgehead atoms. The molecule has 0 aliphatic heterocycles. The molecule has 0 aromatic heterocycles. The Hall–Kier alpha value is -0.300. The monoisotopic (exact) mass is 195 g/mol. The van der Waals surface area contributed by atoms with Gasteiger partial charge in [-0.25, -0.2) is 0 Å². The topological polar surface area (TPSA) is 12.0 Å². The average Bonchev–Trinajstić information content (AvgIpc) is 2.64. The molecule has 0 amide bonds. The van der Waals surface area contributed by atoms with Gasteiger partial charge >= 0.3 is 0 Å². The van der Waals surface area contributed by atoms with Gasteiger partial charge in [0.15, 0.2) is 0 Å². The minimum atomic E-state index is 0.706. The highest BCUT2D eigenvalue weighted by Gasteiger charge is 2.10. The van der Waals surface area contributed by atoms with Crippen LogP contribution in [0.1, 0.15) is 52.9 Å². The van der Waals surface area contributed by atoms with Crippen LogP contribution in [-0.2, 0) is 0 Å².